The number of likely N-dealkylation sites (tertiary alicyclic amines) is 1. The molecule has 0 aromatic heterocycles. The minimum atomic E-state index is 0. The number of nitrogens with zero attached hydrogens (tertiary/aromatic N) is 2. The summed E-state index contributed by atoms with van der Waals surface area (Å²) in [7, 11) is 1.86. The summed E-state index contributed by atoms with van der Waals surface area (Å²) < 4.78 is 5.67. The highest BCUT2D eigenvalue weighted by atomic mass is 127. The number of piperidine rings is 1. The molecule has 6 heteroatoms. The molecule has 0 unspecified atom stereocenters. The molecule has 5 nitrogen and oxygen atoms in total. The van der Waals surface area contributed by atoms with Gasteiger partial charge in [0, 0.05) is 39.3 Å². The van der Waals surface area contributed by atoms with Gasteiger partial charge in [0.15, 0.2) is 5.96 Å². The van der Waals surface area contributed by atoms with Gasteiger partial charge in [-0.05, 0) is 44.1 Å². The Morgan fingerprint density at radius 2 is 1.86 bits per heavy atom. The van der Waals surface area contributed by atoms with Crippen molar-refractivity contribution in [2.75, 3.05) is 39.8 Å². The number of hydrogen-bond donors (Lipinski definition) is 2. The molecular formula is C23H41IN4O. The molecule has 0 aliphatic carbocycles. The zero-order valence-corrected chi connectivity index (χ0v) is 21.2. The molecule has 0 spiro atoms. The summed E-state index contributed by atoms with van der Waals surface area (Å²) >= 11 is 0. The largest absolute Gasteiger partial charge is 0.377 e. The number of nitrogens with one attached hydrogen (secondary N) is 2. The molecule has 1 aromatic carbocycles. The number of ether oxygens (including phenoxy) is 1. The third kappa shape index (κ3) is 10.6. The summed E-state index contributed by atoms with van der Waals surface area (Å²) in [5.41, 5.74) is 1.55. The second-order valence-corrected chi connectivity index (χ2v) is 8.93. The Balaban J connectivity index is 0.00000420. The summed E-state index contributed by atoms with van der Waals surface area (Å²) in [6.07, 6.45) is 3.67. The molecule has 1 aromatic rings. The van der Waals surface area contributed by atoms with E-state index in [-0.39, 0.29) is 29.4 Å². The lowest BCUT2D eigenvalue weighted by Gasteiger charge is -2.33. The maximum absolute atomic E-state index is 5.67. The molecule has 1 fully saturated rings. The number of aliphatic imine (C=N–C) groups is 1. The van der Waals surface area contributed by atoms with Crippen molar-refractivity contribution in [1.82, 2.24) is 15.5 Å². The van der Waals surface area contributed by atoms with E-state index in [1.165, 1.54) is 5.56 Å². The smallest absolute Gasteiger partial charge is 0.191 e. The summed E-state index contributed by atoms with van der Waals surface area (Å²) in [5, 5.41) is 7.16. The van der Waals surface area contributed by atoms with Crippen LogP contribution in [0, 0.1) is 5.41 Å². The van der Waals surface area contributed by atoms with Gasteiger partial charge in [-0.25, -0.2) is 0 Å². The molecule has 1 aliphatic heterocycles. The lowest BCUT2D eigenvalue weighted by Crippen LogP contribution is -2.50. The van der Waals surface area contributed by atoms with Gasteiger partial charge < -0.3 is 20.3 Å². The highest BCUT2D eigenvalue weighted by Crippen LogP contribution is 2.20. The van der Waals surface area contributed by atoms with Gasteiger partial charge in [0.05, 0.1) is 12.7 Å². The van der Waals surface area contributed by atoms with Crippen LogP contribution in [0.3, 0.4) is 0 Å². The highest BCUT2D eigenvalue weighted by Gasteiger charge is 2.22. The van der Waals surface area contributed by atoms with Crippen molar-refractivity contribution < 1.29 is 4.74 Å². The van der Waals surface area contributed by atoms with Crippen molar-refractivity contribution in [3.05, 3.63) is 35.9 Å². The van der Waals surface area contributed by atoms with Crippen LogP contribution in [0.25, 0.3) is 0 Å². The second-order valence-electron chi connectivity index (χ2n) is 8.93. The van der Waals surface area contributed by atoms with E-state index in [2.05, 4.69) is 78.6 Å². The van der Waals surface area contributed by atoms with Crippen LogP contribution >= 0.6 is 24.0 Å². The first-order valence-corrected chi connectivity index (χ1v) is 10.7. The lowest BCUT2D eigenvalue weighted by molar-refractivity contribution is 0.0532. The van der Waals surface area contributed by atoms with Gasteiger partial charge in [-0.3, -0.25) is 4.99 Å². The molecule has 29 heavy (non-hydrogen) atoms. The Kier molecular flexibility index (Phi) is 12.1. The van der Waals surface area contributed by atoms with Gasteiger partial charge in [0.1, 0.15) is 0 Å². The van der Waals surface area contributed by atoms with Crippen molar-refractivity contribution in [1.29, 1.82) is 0 Å². The van der Waals surface area contributed by atoms with E-state index in [4.69, 9.17) is 4.74 Å². The van der Waals surface area contributed by atoms with E-state index in [1.807, 2.05) is 7.05 Å². The minimum Gasteiger partial charge on any atom is -0.377 e. The third-order valence-corrected chi connectivity index (χ3v) is 5.27. The van der Waals surface area contributed by atoms with Gasteiger partial charge >= 0.3 is 0 Å². The zero-order valence-electron chi connectivity index (χ0n) is 18.9. The van der Waals surface area contributed by atoms with Crippen LogP contribution in [-0.4, -0.2) is 62.8 Å². The predicted molar refractivity (Wildman–Crippen MR) is 134 cm³/mol. The topological polar surface area (TPSA) is 48.9 Å². The van der Waals surface area contributed by atoms with Gasteiger partial charge in [-0.2, -0.15) is 0 Å². The maximum Gasteiger partial charge on any atom is 0.191 e. The van der Waals surface area contributed by atoms with Gasteiger partial charge in [0.25, 0.3) is 0 Å². The Morgan fingerprint density at radius 1 is 1.21 bits per heavy atom. The molecule has 166 valence electrons. The van der Waals surface area contributed by atoms with E-state index in [9.17, 15) is 0 Å². The summed E-state index contributed by atoms with van der Waals surface area (Å²) in [4.78, 5) is 6.94. The van der Waals surface area contributed by atoms with Crippen molar-refractivity contribution >= 4 is 29.9 Å². The van der Waals surface area contributed by atoms with Crippen LogP contribution in [0.15, 0.2) is 35.3 Å². The zero-order chi connectivity index (χ0) is 20.4. The molecule has 0 radical (unpaired) electrons. The summed E-state index contributed by atoms with van der Waals surface area (Å²) in [6, 6.07) is 11.2. The van der Waals surface area contributed by atoms with Crippen LogP contribution in [0.2, 0.25) is 0 Å². The number of benzene rings is 1. The molecule has 0 saturated carbocycles. The van der Waals surface area contributed by atoms with Crippen LogP contribution in [0.5, 0.6) is 0 Å². The first-order chi connectivity index (χ1) is 13.4. The molecule has 2 N–H and O–H groups in total. The molecule has 1 aliphatic rings. The fourth-order valence-electron chi connectivity index (χ4n) is 3.64. The molecule has 0 amide bonds. The van der Waals surface area contributed by atoms with Crippen LogP contribution in [0.1, 0.15) is 46.1 Å². The van der Waals surface area contributed by atoms with E-state index in [0.717, 1.165) is 58.0 Å². The van der Waals surface area contributed by atoms with E-state index in [1.54, 1.807) is 0 Å². The fourth-order valence-corrected chi connectivity index (χ4v) is 3.64. The first kappa shape index (κ1) is 26.2. The van der Waals surface area contributed by atoms with E-state index < -0.39 is 0 Å². The quantitative estimate of drug-likeness (QED) is 0.297. The standard InChI is InChI=1S/C23H40N4O.HI/c1-19(2)28-16-15-27-13-11-21(12-14-27)26-22(24-5)25-18-23(3,4)17-20-9-7-6-8-10-20;/h6-10,19,21H,11-18H2,1-5H3,(H2,24,25,26);1H. The highest BCUT2D eigenvalue weighted by molar-refractivity contribution is 14.0. The third-order valence-electron chi connectivity index (χ3n) is 5.27. The molecule has 0 atom stereocenters. The van der Waals surface area contributed by atoms with Crippen LogP contribution in [0.4, 0.5) is 0 Å². The Morgan fingerprint density at radius 3 is 2.45 bits per heavy atom. The number of hydrogen-bond acceptors (Lipinski definition) is 3. The van der Waals surface area contributed by atoms with Crippen LogP contribution < -0.4 is 10.6 Å². The average molecular weight is 517 g/mol. The lowest BCUT2D eigenvalue weighted by atomic mass is 9.86. The SMILES string of the molecule is CN=C(NCC(C)(C)Cc1ccccc1)NC1CCN(CCOC(C)C)CC1.I. The van der Waals surface area contributed by atoms with Crippen molar-refractivity contribution in [2.45, 2.75) is 59.1 Å². The van der Waals surface area contributed by atoms with Crippen molar-refractivity contribution in [2.24, 2.45) is 10.4 Å². The fraction of sp³-hybridized carbons (Fsp3) is 0.696. The Bertz CT molecular complexity index is 584. The van der Waals surface area contributed by atoms with Gasteiger partial charge in [0.2, 0.25) is 0 Å². The average Bonchev–Trinajstić information content (AvgIpc) is 2.66. The molecular weight excluding hydrogens is 475 g/mol. The number of guanidine groups is 1. The van der Waals surface area contributed by atoms with Crippen LogP contribution in [-0.2, 0) is 11.2 Å². The van der Waals surface area contributed by atoms with Crippen molar-refractivity contribution in [3.63, 3.8) is 0 Å². The van der Waals surface area contributed by atoms with Gasteiger partial charge in [-0.15, -0.1) is 24.0 Å². The first-order valence-electron chi connectivity index (χ1n) is 10.7. The van der Waals surface area contributed by atoms with Crippen molar-refractivity contribution in [3.8, 4) is 0 Å². The van der Waals surface area contributed by atoms with E-state index in [0.29, 0.717) is 12.1 Å². The Labute approximate surface area is 195 Å². The predicted octanol–water partition coefficient (Wildman–Crippen LogP) is 3.93. The summed E-state index contributed by atoms with van der Waals surface area (Å²) in [5.74, 6) is 0.919. The maximum atomic E-state index is 5.67. The molecule has 2 rings (SSSR count). The monoisotopic (exact) mass is 516 g/mol. The van der Waals surface area contributed by atoms with E-state index >= 15 is 0 Å². The number of halogens is 1. The molecule has 1 heterocycles. The molecule has 1 saturated heterocycles. The summed E-state index contributed by atoms with van der Waals surface area (Å²) in [6.45, 7) is 13.8. The normalized spacial score (nSPS) is 16.6. The second kappa shape index (κ2) is 13.4. The Hall–Kier alpha value is -0.860. The van der Waals surface area contributed by atoms with Gasteiger partial charge in [-0.1, -0.05) is 44.2 Å². The number of rotatable bonds is 9. The molecule has 0 bridgehead atoms. The minimum absolute atomic E-state index is 0.